The van der Waals surface area contributed by atoms with Crippen LogP contribution < -0.4 is 0 Å². The van der Waals surface area contributed by atoms with Gasteiger partial charge in [0, 0.05) is 11.3 Å². The van der Waals surface area contributed by atoms with Crippen LogP contribution in [-0.4, -0.2) is 25.1 Å². The van der Waals surface area contributed by atoms with Crippen LogP contribution >= 0.6 is 11.3 Å². The van der Waals surface area contributed by atoms with E-state index in [4.69, 9.17) is 0 Å². The Bertz CT molecular complexity index is 506. The number of thiazole rings is 1. The summed E-state index contributed by atoms with van der Waals surface area (Å²) in [6, 6.07) is 0. The molecule has 1 N–H and O–H groups in total. The molecule has 0 aliphatic rings. The molecular weight excluding hydrogens is 248 g/mol. The molecular formula is C12H18N4OS. The monoisotopic (exact) mass is 266 g/mol. The third-order valence-corrected chi connectivity index (χ3v) is 3.87. The number of rotatable bonds is 5. The van der Waals surface area contributed by atoms with Crippen LogP contribution in [0.25, 0.3) is 0 Å². The lowest BCUT2D eigenvalue weighted by atomic mass is 10.2. The van der Waals surface area contributed by atoms with Crippen LogP contribution in [-0.2, 0) is 6.54 Å². The van der Waals surface area contributed by atoms with Crippen molar-refractivity contribution < 1.29 is 5.11 Å². The number of aromatic nitrogens is 4. The third-order valence-electron chi connectivity index (χ3n) is 2.67. The van der Waals surface area contributed by atoms with Gasteiger partial charge in [-0.05, 0) is 6.42 Å². The standard InChI is InChI=1S/C12H18N4OS/c1-4-11(17)10-6-16(15-14-10)5-9-7-18-12(13-9)8(2)3/h6-8,11,17H,4-5H2,1-3H3. The molecule has 0 bridgehead atoms. The van der Waals surface area contributed by atoms with E-state index >= 15 is 0 Å². The lowest BCUT2D eigenvalue weighted by Gasteiger charge is -2.00. The second-order valence-corrected chi connectivity index (χ2v) is 5.49. The maximum atomic E-state index is 9.66. The summed E-state index contributed by atoms with van der Waals surface area (Å²) in [7, 11) is 0. The summed E-state index contributed by atoms with van der Waals surface area (Å²) >= 11 is 1.67. The van der Waals surface area contributed by atoms with E-state index in [1.54, 1.807) is 22.2 Å². The normalized spacial score (nSPS) is 13.2. The molecule has 0 saturated carbocycles. The zero-order chi connectivity index (χ0) is 13.1. The molecule has 6 heteroatoms. The molecule has 1 atom stereocenters. The van der Waals surface area contributed by atoms with Crippen molar-refractivity contribution in [1.82, 2.24) is 20.0 Å². The summed E-state index contributed by atoms with van der Waals surface area (Å²) in [4.78, 5) is 4.55. The minimum absolute atomic E-state index is 0.456. The largest absolute Gasteiger partial charge is 0.387 e. The van der Waals surface area contributed by atoms with Gasteiger partial charge in [-0.3, -0.25) is 0 Å². The molecule has 5 nitrogen and oxygen atoms in total. The SMILES string of the molecule is CCC(O)c1cn(Cc2csc(C(C)C)n2)nn1. The van der Waals surface area contributed by atoms with Gasteiger partial charge in [0.15, 0.2) is 0 Å². The Kier molecular flexibility index (Phi) is 4.08. The molecule has 2 rings (SSSR count). The van der Waals surface area contributed by atoms with Crippen LogP contribution in [0, 0.1) is 0 Å². The van der Waals surface area contributed by atoms with Gasteiger partial charge in [0.2, 0.25) is 0 Å². The molecule has 98 valence electrons. The average molecular weight is 266 g/mol. The molecule has 2 heterocycles. The van der Waals surface area contributed by atoms with Crippen molar-refractivity contribution in [2.45, 2.75) is 45.8 Å². The van der Waals surface area contributed by atoms with E-state index in [1.807, 2.05) is 12.3 Å². The summed E-state index contributed by atoms with van der Waals surface area (Å²) in [5, 5.41) is 20.8. The van der Waals surface area contributed by atoms with Crippen molar-refractivity contribution in [2.24, 2.45) is 0 Å². The van der Waals surface area contributed by atoms with Crippen LogP contribution in [0.2, 0.25) is 0 Å². The molecule has 2 aromatic rings. The molecule has 18 heavy (non-hydrogen) atoms. The van der Waals surface area contributed by atoms with Crippen molar-refractivity contribution >= 4 is 11.3 Å². The van der Waals surface area contributed by atoms with Gasteiger partial charge in [0.1, 0.15) is 5.69 Å². The van der Waals surface area contributed by atoms with Crippen LogP contribution in [0.1, 0.15) is 55.6 Å². The zero-order valence-corrected chi connectivity index (χ0v) is 11.7. The smallest absolute Gasteiger partial charge is 0.111 e. The Labute approximate surface area is 110 Å². The molecule has 0 spiro atoms. The minimum Gasteiger partial charge on any atom is -0.387 e. The fourth-order valence-electron chi connectivity index (χ4n) is 1.58. The second-order valence-electron chi connectivity index (χ2n) is 4.60. The van der Waals surface area contributed by atoms with Gasteiger partial charge in [-0.25, -0.2) is 9.67 Å². The van der Waals surface area contributed by atoms with Crippen LogP contribution in [0.5, 0.6) is 0 Å². The predicted octanol–water partition coefficient (Wildman–Crippen LogP) is 2.35. The van der Waals surface area contributed by atoms with Crippen molar-refractivity contribution in [2.75, 3.05) is 0 Å². The van der Waals surface area contributed by atoms with E-state index in [0.717, 1.165) is 10.7 Å². The Hall–Kier alpha value is -1.27. The van der Waals surface area contributed by atoms with Crippen molar-refractivity contribution in [1.29, 1.82) is 0 Å². The molecule has 0 aliphatic carbocycles. The fraction of sp³-hybridized carbons (Fsp3) is 0.583. The molecule has 0 aliphatic heterocycles. The lowest BCUT2D eigenvalue weighted by Crippen LogP contribution is -2.01. The summed E-state index contributed by atoms with van der Waals surface area (Å²) < 4.78 is 1.72. The number of aliphatic hydroxyl groups excluding tert-OH is 1. The maximum Gasteiger partial charge on any atom is 0.111 e. The van der Waals surface area contributed by atoms with Crippen LogP contribution in [0.4, 0.5) is 0 Å². The van der Waals surface area contributed by atoms with E-state index < -0.39 is 6.10 Å². The minimum atomic E-state index is -0.527. The van der Waals surface area contributed by atoms with Gasteiger partial charge in [-0.1, -0.05) is 26.0 Å². The molecule has 2 aromatic heterocycles. The topological polar surface area (TPSA) is 63.8 Å². The predicted molar refractivity (Wildman–Crippen MR) is 70.6 cm³/mol. The Morgan fingerprint density at radius 2 is 2.22 bits per heavy atom. The van der Waals surface area contributed by atoms with Crippen LogP contribution in [0.15, 0.2) is 11.6 Å². The Morgan fingerprint density at radius 3 is 2.83 bits per heavy atom. The highest BCUT2D eigenvalue weighted by Crippen LogP contribution is 2.20. The summed E-state index contributed by atoms with van der Waals surface area (Å²) in [6.07, 6.45) is 1.90. The Balaban J connectivity index is 2.06. The first-order chi connectivity index (χ1) is 8.60. The molecule has 0 saturated heterocycles. The Morgan fingerprint density at radius 1 is 1.44 bits per heavy atom. The number of nitrogens with zero attached hydrogens (tertiary/aromatic N) is 4. The van der Waals surface area contributed by atoms with E-state index in [2.05, 4.69) is 29.1 Å². The first-order valence-corrected chi connectivity index (χ1v) is 7.00. The first-order valence-electron chi connectivity index (χ1n) is 6.12. The average Bonchev–Trinajstić information content (AvgIpc) is 2.98. The lowest BCUT2D eigenvalue weighted by molar-refractivity contribution is 0.168. The first kappa shape index (κ1) is 13.2. The van der Waals surface area contributed by atoms with E-state index in [1.165, 1.54) is 0 Å². The third kappa shape index (κ3) is 2.94. The number of hydrogen-bond donors (Lipinski definition) is 1. The summed E-state index contributed by atoms with van der Waals surface area (Å²) in [6.45, 7) is 6.78. The quantitative estimate of drug-likeness (QED) is 0.902. The van der Waals surface area contributed by atoms with Gasteiger partial charge in [0.25, 0.3) is 0 Å². The van der Waals surface area contributed by atoms with E-state index in [0.29, 0.717) is 24.6 Å². The zero-order valence-electron chi connectivity index (χ0n) is 10.9. The second kappa shape index (κ2) is 5.58. The van der Waals surface area contributed by atoms with Gasteiger partial charge >= 0.3 is 0 Å². The molecule has 0 amide bonds. The van der Waals surface area contributed by atoms with Gasteiger partial charge < -0.3 is 5.11 Å². The van der Waals surface area contributed by atoms with Crippen molar-refractivity contribution in [3.05, 3.63) is 28.0 Å². The van der Waals surface area contributed by atoms with Crippen molar-refractivity contribution in [3.63, 3.8) is 0 Å². The number of aliphatic hydroxyl groups is 1. The maximum absolute atomic E-state index is 9.66. The molecule has 0 radical (unpaired) electrons. The van der Waals surface area contributed by atoms with E-state index in [-0.39, 0.29) is 0 Å². The molecule has 0 fully saturated rings. The highest BCUT2D eigenvalue weighted by Gasteiger charge is 2.11. The van der Waals surface area contributed by atoms with E-state index in [9.17, 15) is 5.11 Å². The highest BCUT2D eigenvalue weighted by molar-refractivity contribution is 7.09. The van der Waals surface area contributed by atoms with Gasteiger partial charge in [-0.15, -0.1) is 16.4 Å². The van der Waals surface area contributed by atoms with Crippen LogP contribution in [0.3, 0.4) is 0 Å². The summed E-state index contributed by atoms with van der Waals surface area (Å²) in [5.41, 5.74) is 1.61. The summed E-state index contributed by atoms with van der Waals surface area (Å²) in [5.74, 6) is 0.456. The van der Waals surface area contributed by atoms with Crippen molar-refractivity contribution in [3.8, 4) is 0 Å². The number of hydrogen-bond acceptors (Lipinski definition) is 5. The molecule has 1 unspecified atom stereocenters. The fourth-order valence-corrected chi connectivity index (χ4v) is 2.41. The molecule has 0 aromatic carbocycles. The highest BCUT2D eigenvalue weighted by atomic mass is 32.1. The van der Waals surface area contributed by atoms with Gasteiger partial charge in [-0.2, -0.15) is 0 Å². The van der Waals surface area contributed by atoms with Gasteiger partial charge in [0.05, 0.1) is 29.5 Å².